The Balaban J connectivity index is 2.05. The fourth-order valence-corrected chi connectivity index (χ4v) is 2.69. The van der Waals surface area contributed by atoms with Crippen molar-refractivity contribution in [2.24, 2.45) is 8.73 Å². The number of benzene rings is 1. The zero-order valence-corrected chi connectivity index (χ0v) is 11.6. The van der Waals surface area contributed by atoms with E-state index in [-0.39, 0.29) is 0 Å². The number of nitrogens with two attached hydrogens (primary N) is 1. The van der Waals surface area contributed by atoms with Crippen LogP contribution in [-0.4, -0.2) is 10.2 Å². The van der Waals surface area contributed by atoms with Gasteiger partial charge in [0.25, 0.3) is 0 Å². The third-order valence-corrected chi connectivity index (χ3v) is 3.50. The quantitative estimate of drug-likeness (QED) is 0.752. The van der Waals surface area contributed by atoms with Gasteiger partial charge in [0, 0.05) is 0 Å². The highest BCUT2D eigenvalue weighted by atomic mass is 35.5. The van der Waals surface area contributed by atoms with E-state index in [1.165, 1.54) is 0 Å². The number of anilines is 3. The maximum absolute atomic E-state index is 6.16. The lowest BCUT2D eigenvalue weighted by molar-refractivity contribution is 1.05. The Morgan fingerprint density at radius 2 is 1.84 bits per heavy atom. The third kappa shape index (κ3) is 2.27. The summed E-state index contributed by atoms with van der Waals surface area (Å²) in [7, 11) is 0. The van der Waals surface area contributed by atoms with Crippen LogP contribution in [0.5, 0.6) is 0 Å². The molecule has 3 N–H and O–H groups in total. The highest BCUT2D eigenvalue weighted by Crippen LogP contribution is 2.48. The molecule has 0 saturated carbocycles. The summed E-state index contributed by atoms with van der Waals surface area (Å²) < 4.78 is 8.30. The predicted octanol–water partition coefficient (Wildman–Crippen LogP) is 3.84. The zero-order chi connectivity index (χ0) is 13.4. The molecule has 0 bridgehead atoms. The van der Waals surface area contributed by atoms with Crippen LogP contribution < -0.4 is 11.1 Å². The van der Waals surface area contributed by atoms with Crippen molar-refractivity contribution >= 4 is 63.3 Å². The van der Waals surface area contributed by atoms with Crippen LogP contribution in [0.4, 0.5) is 28.7 Å². The molecule has 6 nitrogen and oxygen atoms in total. The van der Waals surface area contributed by atoms with E-state index in [2.05, 4.69) is 24.2 Å². The van der Waals surface area contributed by atoms with Gasteiger partial charge >= 0.3 is 0 Å². The molecule has 0 radical (unpaired) electrons. The molecule has 0 atom stereocenters. The largest absolute Gasteiger partial charge is 0.382 e. The molecule has 0 fully saturated rings. The van der Waals surface area contributed by atoms with Gasteiger partial charge in [0.15, 0.2) is 5.82 Å². The summed E-state index contributed by atoms with van der Waals surface area (Å²) in [5.41, 5.74) is 7.27. The Morgan fingerprint density at radius 3 is 2.58 bits per heavy atom. The second kappa shape index (κ2) is 4.76. The highest BCUT2D eigenvalue weighted by Gasteiger charge is 2.19. The van der Waals surface area contributed by atoms with Crippen molar-refractivity contribution in [2.75, 3.05) is 11.1 Å². The van der Waals surface area contributed by atoms with E-state index < -0.39 is 0 Å². The molecule has 0 unspecified atom stereocenters. The molecule has 1 aromatic heterocycles. The average molecular weight is 313 g/mol. The Morgan fingerprint density at radius 1 is 1.05 bits per heavy atom. The molecular weight excluding hydrogens is 307 g/mol. The number of aromatic nitrogens is 2. The lowest BCUT2D eigenvalue weighted by Gasteiger charge is -2.10. The van der Waals surface area contributed by atoms with Crippen molar-refractivity contribution in [1.29, 1.82) is 0 Å². The van der Waals surface area contributed by atoms with E-state index in [0.29, 0.717) is 38.7 Å². The number of hydrogen-bond donors (Lipinski definition) is 2. The maximum Gasteiger partial charge on any atom is 0.153 e. The second-order valence-corrected chi connectivity index (χ2v) is 4.99. The van der Waals surface area contributed by atoms with Crippen molar-refractivity contribution in [3.63, 3.8) is 0 Å². The van der Waals surface area contributed by atoms with Gasteiger partial charge in [-0.05, 0) is 18.2 Å². The molecule has 3 rings (SSSR count). The fourth-order valence-electron chi connectivity index (χ4n) is 1.53. The maximum atomic E-state index is 6.16. The molecule has 9 heteroatoms. The zero-order valence-electron chi connectivity index (χ0n) is 9.26. The number of fused-ring (bicyclic) bond motifs is 1. The van der Waals surface area contributed by atoms with Crippen LogP contribution in [0.2, 0.25) is 10.0 Å². The highest BCUT2D eigenvalue weighted by molar-refractivity contribution is 7.58. The molecule has 2 aromatic rings. The summed E-state index contributed by atoms with van der Waals surface area (Å²) in [6, 6.07) is 4.94. The van der Waals surface area contributed by atoms with E-state index in [1.807, 2.05) is 0 Å². The van der Waals surface area contributed by atoms with E-state index in [9.17, 15) is 0 Å². The van der Waals surface area contributed by atoms with Crippen LogP contribution >= 0.6 is 23.2 Å². The van der Waals surface area contributed by atoms with Gasteiger partial charge in [0.1, 0.15) is 17.2 Å². The molecule has 1 aliphatic heterocycles. The minimum Gasteiger partial charge on any atom is -0.382 e. The molecule has 0 spiro atoms. The Kier molecular flexibility index (Phi) is 3.09. The first-order valence-electron chi connectivity index (χ1n) is 5.11. The van der Waals surface area contributed by atoms with Gasteiger partial charge in [-0.3, -0.25) is 0 Å². The summed E-state index contributed by atoms with van der Waals surface area (Å²) >= 11 is 13.3. The van der Waals surface area contributed by atoms with Crippen molar-refractivity contribution in [2.45, 2.75) is 0 Å². The molecule has 0 amide bonds. The Bertz CT molecular complexity index is 724. The van der Waals surface area contributed by atoms with E-state index in [0.717, 1.165) is 11.4 Å². The minimum atomic E-state index is 0.341. The van der Waals surface area contributed by atoms with Crippen molar-refractivity contribution in [3.8, 4) is 0 Å². The lowest BCUT2D eigenvalue weighted by Crippen LogP contribution is -1.98. The van der Waals surface area contributed by atoms with Crippen LogP contribution in [0.25, 0.3) is 0 Å². The number of nitrogens with zero attached hydrogens (tertiary/aromatic N) is 4. The van der Waals surface area contributed by atoms with E-state index in [4.69, 9.17) is 28.9 Å². The summed E-state index contributed by atoms with van der Waals surface area (Å²) in [6.07, 6.45) is 0. The van der Waals surface area contributed by atoms with E-state index in [1.54, 1.807) is 18.2 Å². The number of nitrogens with one attached hydrogen (secondary N) is 1. The second-order valence-electron chi connectivity index (χ2n) is 3.65. The summed E-state index contributed by atoms with van der Waals surface area (Å²) in [5, 5.41) is 11.6. The first kappa shape index (κ1) is 12.3. The van der Waals surface area contributed by atoms with Crippen LogP contribution in [0.3, 0.4) is 0 Å². The molecule has 0 aliphatic carbocycles. The number of hydrogen-bond acceptors (Lipinski definition) is 6. The number of rotatable bonds is 2. The van der Waals surface area contributed by atoms with Crippen LogP contribution in [-0.2, 0) is 11.4 Å². The molecule has 1 aliphatic rings. The van der Waals surface area contributed by atoms with Crippen molar-refractivity contribution in [1.82, 2.24) is 10.2 Å². The van der Waals surface area contributed by atoms with Crippen LogP contribution in [0, 0.1) is 0 Å². The molecule has 19 heavy (non-hydrogen) atoms. The van der Waals surface area contributed by atoms with Crippen LogP contribution in [0.1, 0.15) is 0 Å². The van der Waals surface area contributed by atoms with Gasteiger partial charge in [-0.1, -0.05) is 23.2 Å². The minimum absolute atomic E-state index is 0.341. The number of nitrogen functional groups attached to an aromatic ring is 1. The molecule has 1 aromatic carbocycles. The first-order valence-corrected chi connectivity index (χ1v) is 6.60. The molecule has 0 saturated heterocycles. The summed E-state index contributed by atoms with van der Waals surface area (Å²) in [6.45, 7) is 0. The summed E-state index contributed by atoms with van der Waals surface area (Å²) in [4.78, 5) is 0. The summed E-state index contributed by atoms with van der Waals surface area (Å²) in [5.74, 6) is 0.848. The third-order valence-electron chi connectivity index (χ3n) is 2.38. The Hall–Kier alpha value is -1.70. The van der Waals surface area contributed by atoms with E-state index >= 15 is 0 Å². The van der Waals surface area contributed by atoms with Gasteiger partial charge in [-0.2, -0.15) is 8.73 Å². The molecule has 2 heterocycles. The monoisotopic (exact) mass is 312 g/mol. The van der Waals surface area contributed by atoms with Gasteiger partial charge in [0.05, 0.1) is 27.1 Å². The lowest BCUT2D eigenvalue weighted by atomic mass is 10.2. The van der Waals surface area contributed by atoms with Gasteiger partial charge < -0.3 is 11.1 Å². The van der Waals surface area contributed by atoms with Crippen molar-refractivity contribution in [3.05, 3.63) is 28.2 Å². The molecule has 96 valence electrons. The van der Waals surface area contributed by atoms with Gasteiger partial charge in [-0.15, -0.1) is 10.2 Å². The topological polar surface area (TPSA) is 88.5 Å². The smallest absolute Gasteiger partial charge is 0.153 e. The van der Waals surface area contributed by atoms with Gasteiger partial charge in [-0.25, -0.2) is 0 Å². The average Bonchev–Trinajstić information content (AvgIpc) is 2.86. The standard InChI is InChI=1S/C10H6Cl2N6S/c11-4-3-5(12)9-10(18-19-17-9)8(4)14-7-2-1-6(13)15-16-7/h1-3H,(H2,13,15)(H,14,16). The number of halogens is 2. The van der Waals surface area contributed by atoms with Crippen LogP contribution in [0.15, 0.2) is 26.9 Å². The Labute approximate surface area is 121 Å². The predicted molar refractivity (Wildman–Crippen MR) is 77.7 cm³/mol. The normalized spacial score (nSPS) is 12.1. The SMILES string of the molecule is Nc1ccc(Nc2c(Cl)cc(Cl)c3c2N=S=N3)nn1. The fraction of sp³-hybridized carbons (Fsp3) is 0. The van der Waals surface area contributed by atoms with Gasteiger partial charge in [0.2, 0.25) is 0 Å². The van der Waals surface area contributed by atoms with Crippen molar-refractivity contribution < 1.29 is 0 Å². The molecular formula is C10H6Cl2N6S. The first-order chi connectivity index (χ1) is 9.15.